The van der Waals surface area contributed by atoms with E-state index >= 15 is 0 Å². The van der Waals surface area contributed by atoms with Crippen LogP contribution >= 0.6 is 0 Å². The van der Waals surface area contributed by atoms with Gasteiger partial charge in [-0.3, -0.25) is 0 Å². The molecule has 0 spiro atoms. The molecule has 5 nitrogen and oxygen atoms in total. The zero-order chi connectivity index (χ0) is 12.7. The maximum absolute atomic E-state index is 11.6. The predicted molar refractivity (Wildman–Crippen MR) is 64.9 cm³/mol. The maximum Gasteiger partial charge on any atom is 0.321 e. The van der Waals surface area contributed by atoms with Crippen LogP contribution in [0.3, 0.4) is 0 Å². The molecule has 0 aliphatic rings. The fourth-order valence-corrected chi connectivity index (χ4v) is 1.21. The van der Waals surface area contributed by atoms with Crippen LogP contribution in [0.15, 0.2) is 24.3 Å². The van der Waals surface area contributed by atoms with Crippen LogP contribution in [0.4, 0.5) is 10.5 Å². The van der Waals surface area contributed by atoms with Crippen molar-refractivity contribution in [1.82, 2.24) is 4.90 Å². The fraction of sp³-hybridized carbons (Fsp3) is 0.333. The second-order valence-electron chi connectivity index (χ2n) is 3.49. The molecule has 1 rings (SSSR count). The normalized spacial score (nSPS) is 9.24. The van der Waals surface area contributed by atoms with Gasteiger partial charge in [0.1, 0.15) is 5.75 Å². The number of methoxy groups -OCH3 is 1. The third-order valence-electron chi connectivity index (χ3n) is 2.25. The highest BCUT2D eigenvalue weighted by molar-refractivity contribution is 5.89. The van der Waals surface area contributed by atoms with Gasteiger partial charge in [-0.15, -0.1) is 0 Å². The topological polar surface area (TPSA) is 65.4 Å². The number of urea groups is 1. The fourth-order valence-electron chi connectivity index (χ4n) is 1.21. The molecule has 0 aromatic heterocycles. The Hall–Kier alpha value is -2.22. The number of hydrogen-bond donors (Lipinski definition) is 1. The van der Waals surface area contributed by atoms with E-state index in [9.17, 15) is 4.79 Å². The molecular weight excluding hydrogens is 218 g/mol. The first-order chi connectivity index (χ1) is 8.17. The molecule has 0 bridgehead atoms. The summed E-state index contributed by atoms with van der Waals surface area (Å²) in [7, 11) is 3.24. The third-order valence-corrected chi connectivity index (χ3v) is 2.25. The van der Waals surface area contributed by atoms with Gasteiger partial charge in [-0.1, -0.05) is 0 Å². The summed E-state index contributed by atoms with van der Waals surface area (Å²) in [6.45, 7) is 0.415. The number of benzene rings is 1. The Labute approximate surface area is 101 Å². The number of carbonyl (C=O) groups excluding carboxylic acids is 1. The van der Waals surface area contributed by atoms with E-state index in [2.05, 4.69) is 5.32 Å². The van der Waals surface area contributed by atoms with Gasteiger partial charge >= 0.3 is 6.03 Å². The number of nitrogens with zero attached hydrogens (tertiary/aromatic N) is 2. The van der Waals surface area contributed by atoms with Crippen molar-refractivity contribution in [3.63, 3.8) is 0 Å². The molecule has 0 heterocycles. The third kappa shape index (κ3) is 4.03. The molecule has 2 amide bonds. The molecule has 0 unspecified atom stereocenters. The highest BCUT2D eigenvalue weighted by atomic mass is 16.5. The SMILES string of the molecule is COc1ccc(NC(=O)N(C)CCC#N)cc1. The van der Waals surface area contributed by atoms with E-state index in [0.717, 1.165) is 5.75 Å². The minimum atomic E-state index is -0.231. The summed E-state index contributed by atoms with van der Waals surface area (Å²) < 4.78 is 5.02. The van der Waals surface area contributed by atoms with Gasteiger partial charge in [0.15, 0.2) is 0 Å². The van der Waals surface area contributed by atoms with Gasteiger partial charge in [-0.05, 0) is 24.3 Å². The quantitative estimate of drug-likeness (QED) is 0.865. The molecule has 0 saturated heterocycles. The van der Waals surface area contributed by atoms with Crippen molar-refractivity contribution in [2.45, 2.75) is 6.42 Å². The first kappa shape index (κ1) is 12.8. The molecule has 90 valence electrons. The highest BCUT2D eigenvalue weighted by Crippen LogP contribution is 2.15. The van der Waals surface area contributed by atoms with E-state index in [1.165, 1.54) is 4.90 Å². The van der Waals surface area contributed by atoms with E-state index in [-0.39, 0.29) is 6.03 Å². The Morgan fingerprint density at radius 3 is 2.65 bits per heavy atom. The van der Waals surface area contributed by atoms with Crippen LogP contribution in [0.1, 0.15) is 6.42 Å². The molecule has 0 radical (unpaired) electrons. The zero-order valence-electron chi connectivity index (χ0n) is 9.93. The number of hydrogen-bond acceptors (Lipinski definition) is 3. The lowest BCUT2D eigenvalue weighted by molar-refractivity contribution is 0.223. The number of nitriles is 1. The second-order valence-corrected chi connectivity index (χ2v) is 3.49. The van der Waals surface area contributed by atoms with Crippen LogP contribution in [0.5, 0.6) is 5.75 Å². The highest BCUT2D eigenvalue weighted by Gasteiger charge is 2.07. The van der Waals surface area contributed by atoms with Crippen molar-refractivity contribution < 1.29 is 9.53 Å². The summed E-state index contributed by atoms with van der Waals surface area (Å²) in [4.78, 5) is 13.1. The molecule has 5 heteroatoms. The number of nitrogens with one attached hydrogen (secondary N) is 1. The van der Waals surface area contributed by atoms with E-state index in [0.29, 0.717) is 18.7 Å². The summed E-state index contributed by atoms with van der Waals surface area (Å²) in [5.74, 6) is 0.737. The lowest BCUT2D eigenvalue weighted by Crippen LogP contribution is -2.31. The lowest BCUT2D eigenvalue weighted by atomic mass is 10.3. The van der Waals surface area contributed by atoms with E-state index in [1.54, 1.807) is 38.4 Å². The van der Waals surface area contributed by atoms with Crippen LogP contribution in [0.2, 0.25) is 0 Å². The molecule has 0 saturated carbocycles. The Kier molecular flexibility index (Phi) is 4.82. The summed E-state index contributed by atoms with van der Waals surface area (Å²) in [5, 5.41) is 11.1. The van der Waals surface area contributed by atoms with Gasteiger partial charge in [0.25, 0.3) is 0 Å². The van der Waals surface area contributed by atoms with Crippen LogP contribution < -0.4 is 10.1 Å². The summed E-state index contributed by atoms with van der Waals surface area (Å²) in [5.41, 5.74) is 0.694. The number of amides is 2. The number of carbonyl (C=O) groups is 1. The van der Waals surface area contributed by atoms with Gasteiger partial charge in [0, 0.05) is 19.3 Å². The van der Waals surface area contributed by atoms with Crippen molar-refractivity contribution in [3.05, 3.63) is 24.3 Å². The van der Waals surface area contributed by atoms with E-state index in [4.69, 9.17) is 10.00 Å². The van der Waals surface area contributed by atoms with E-state index < -0.39 is 0 Å². The minimum absolute atomic E-state index is 0.231. The standard InChI is InChI=1S/C12H15N3O2/c1-15(9-3-8-13)12(16)14-10-4-6-11(17-2)7-5-10/h4-7H,3,9H2,1-2H3,(H,14,16). The lowest BCUT2D eigenvalue weighted by Gasteiger charge is -2.16. The monoisotopic (exact) mass is 233 g/mol. The first-order valence-electron chi connectivity index (χ1n) is 5.20. The smallest absolute Gasteiger partial charge is 0.321 e. The van der Waals surface area contributed by atoms with Gasteiger partial charge in [-0.2, -0.15) is 5.26 Å². The maximum atomic E-state index is 11.6. The largest absolute Gasteiger partial charge is 0.497 e. The molecule has 1 aromatic rings. The summed E-state index contributed by atoms with van der Waals surface area (Å²) in [6.07, 6.45) is 0.326. The average Bonchev–Trinajstić information content (AvgIpc) is 2.36. The molecule has 0 fully saturated rings. The molecule has 17 heavy (non-hydrogen) atoms. The average molecular weight is 233 g/mol. The number of ether oxygens (including phenoxy) is 1. The molecule has 0 aliphatic carbocycles. The Bertz CT molecular complexity index is 409. The predicted octanol–water partition coefficient (Wildman–Crippen LogP) is 2.07. The van der Waals surface area contributed by atoms with Gasteiger partial charge in [-0.25, -0.2) is 4.79 Å². The van der Waals surface area contributed by atoms with Crippen molar-refractivity contribution in [3.8, 4) is 11.8 Å². The molecule has 1 N–H and O–H groups in total. The summed E-state index contributed by atoms with van der Waals surface area (Å²) >= 11 is 0. The van der Waals surface area contributed by atoms with Crippen LogP contribution in [0.25, 0.3) is 0 Å². The van der Waals surface area contributed by atoms with Crippen molar-refractivity contribution in [2.24, 2.45) is 0 Å². The number of anilines is 1. The van der Waals surface area contributed by atoms with Crippen LogP contribution in [0, 0.1) is 11.3 Å². The van der Waals surface area contributed by atoms with E-state index in [1.807, 2.05) is 6.07 Å². The second kappa shape index (κ2) is 6.38. The van der Waals surface area contributed by atoms with Crippen LogP contribution in [-0.2, 0) is 0 Å². The van der Waals surface area contributed by atoms with Gasteiger partial charge in [0.05, 0.1) is 19.6 Å². The van der Waals surface area contributed by atoms with Crippen molar-refractivity contribution in [2.75, 3.05) is 26.0 Å². The number of rotatable bonds is 4. The Balaban J connectivity index is 2.52. The Morgan fingerprint density at radius 2 is 2.12 bits per heavy atom. The molecule has 0 aliphatic heterocycles. The van der Waals surface area contributed by atoms with Crippen LogP contribution in [-0.4, -0.2) is 31.6 Å². The van der Waals surface area contributed by atoms with Gasteiger partial charge in [0.2, 0.25) is 0 Å². The summed E-state index contributed by atoms with van der Waals surface area (Å²) in [6, 6.07) is 8.82. The zero-order valence-corrected chi connectivity index (χ0v) is 9.93. The first-order valence-corrected chi connectivity index (χ1v) is 5.20. The van der Waals surface area contributed by atoms with Crippen molar-refractivity contribution >= 4 is 11.7 Å². The van der Waals surface area contributed by atoms with Crippen molar-refractivity contribution in [1.29, 1.82) is 5.26 Å². The molecule has 1 aromatic carbocycles. The minimum Gasteiger partial charge on any atom is -0.497 e. The van der Waals surface area contributed by atoms with Gasteiger partial charge < -0.3 is 15.0 Å². The molecule has 0 atom stereocenters. The Morgan fingerprint density at radius 1 is 1.47 bits per heavy atom. The molecular formula is C12H15N3O2.